The fourth-order valence-electron chi connectivity index (χ4n) is 1.44. The van der Waals surface area contributed by atoms with Gasteiger partial charge in [-0.05, 0) is 26.7 Å². The first-order valence-electron chi connectivity index (χ1n) is 5.72. The first-order valence-corrected chi connectivity index (χ1v) is 5.72. The Labute approximate surface area is 93.1 Å². The predicted octanol–water partition coefficient (Wildman–Crippen LogP) is 2.92. The molecule has 0 aromatic carbocycles. The maximum Gasteiger partial charge on any atom is 0.303 e. The van der Waals surface area contributed by atoms with Crippen LogP contribution in [0.1, 0.15) is 53.9 Å². The summed E-state index contributed by atoms with van der Waals surface area (Å²) >= 11 is 0. The topological polar surface area (TPSA) is 35.5 Å². The Bertz CT molecular complexity index is 183. The third-order valence-corrected chi connectivity index (χ3v) is 2.39. The van der Waals surface area contributed by atoms with E-state index in [1.807, 2.05) is 13.8 Å². The van der Waals surface area contributed by atoms with Crippen molar-refractivity contribution in [1.82, 2.24) is 0 Å². The molecule has 3 heteroatoms. The lowest BCUT2D eigenvalue weighted by Gasteiger charge is -2.25. The highest BCUT2D eigenvalue weighted by atomic mass is 16.6. The molecule has 0 unspecified atom stereocenters. The third-order valence-electron chi connectivity index (χ3n) is 2.39. The van der Waals surface area contributed by atoms with Gasteiger partial charge < -0.3 is 9.47 Å². The fraction of sp³-hybridized carbons (Fsp3) is 0.917. The average Bonchev–Trinajstić information content (AvgIpc) is 2.10. The highest BCUT2D eigenvalue weighted by molar-refractivity contribution is 5.66. The molecule has 0 rings (SSSR count). The lowest BCUT2D eigenvalue weighted by Crippen LogP contribution is -2.29. The van der Waals surface area contributed by atoms with Crippen molar-refractivity contribution >= 4 is 5.97 Å². The Morgan fingerprint density at radius 2 is 1.80 bits per heavy atom. The van der Waals surface area contributed by atoms with Gasteiger partial charge in [0.05, 0.1) is 12.7 Å². The molecule has 3 nitrogen and oxygen atoms in total. The van der Waals surface area contributed by atoms with Gasteiger partial charge in [-0.3, -0.25) is 4.79 Å². The van der Waals surface area contributed by atoms with Crippen molar-refractivity contribution in [2.24, 2.45) is 0 Å². The van der Waals surface area contributed by atoms with Crippen molar-refractivity contribution in [1.29, 1.82) is 0 Å². The maximum absolute atomic E-state index is 10.8. The lowest BCUT2D eigenvalue weighted by molar-refractivity contribution is -0.155. The van der Waals surface area contributed by atoms with E-state index in [0.717, 1.165) is 19.3 Å². The smallest absolute Gasteiger partial charge is 0.303 e. The van der Waals surface area contributed by atoms with E-state index in [4.69, 9.17) is 9.47 Å². The molecule has 0 spiro atoms. The van der Waals surface area contributed by atoms with Crippen molar-refractivity contribution in [2.45, 2.75) is 65.6 Å². The van der Waals surface area contributed by atoms with Crippen molar-refractivity contribution in [2.75, 3.05) is 6.61 Å². The van der Waals surface area contributed by atoms with Crippen molar-refractivity contribution < 1.29 is 14.3 Å². The van der Waals surface area contributed by atoms with Crippen LogP contribution < -0.4 is 0 Å². The number of carbonyl (C=O) groups excluding carboxylic acids is 1. The van der Waals surface area contributed by atoms with Gasteiger partial charge in [0, 0.05) is 13.3 Å². The monoisotopic (exact) mass is 216 g/mol. The molecule has 0 atom stereocenters. The van der Waals surface area contributed by atoms with Crippen LogP contribution >= 0.6 is 0 Å². The summed E-state index contributed by atoms with van der Waals surface area (Å²) < 4.78 is 10.8. The van der Waals surface area contributed by atoms with Crippen LogP contribution in [-0.2, 0) is 14.3 Å². The van der Waals surface area contributed by atoms with E-state index in [1.54, 1.807) is 0 Å². The van der Waals surface area contributed by atoms with Crippen LogP contribution in [0, 0.1) is 0 Å². The molecule has 0 aliphatic heterocycles. The Morgan fingerprint density at radius 3 is 2.20 bits per heavy atom. The van der Waals surface area contributed by atoms with E-state index in [0.29, 0.717) is 12.7 Å². The summed E-state index contributed by atoms with van der Waals surface area (Å²) in [6.07, 6.45) is 3.14. The number of hydrogen-bond acceptors (Lipinski definition) is 3. The Hall–Kier alpha value is -0.570. The van der Waals surface area contributed by atoms with Gasteiger partial charge in [-0.25, -0.2) is 0 Å². The molecule has 0 aromatic rings. The summed E-state index contributed by atoms with van der Waals surface area (Å²) in [6.45, 7) is 10.1. The second-order valence-electron chi connectivity index (χ2n) is 4.41. The van der Waals surface area contributed by atoms with Gasteiger partial charge in [0.1, 0.15) is 5.60 Å². The molecule has 0 bridgehead atoms. The zero-order chi connectivity index (χ0) is 11.9. The second kappa shape index (κ2) is 6.83. The molecule has 0 N–H and O–H groups in total. The Kier molecular flexibility index (Phi) is 6.57. The molecule has 15 heavy (non-hydrogen) atoms. The van der Waals surface area contributed by atoms with E-state index in [9.17, 15) is 4.79 Å². The average molecular weight is 216 g/mol. The standard InChI is InChI=1S/C12H24O3/c1-6-11(7-2)14-9-8-12(4,5)15-10(3)13/h11H,6-9H2,1-5H3. The quantitative estimate of drug-likeness (QED) is 0.614. The number of hydrogen-bond donors (Lipinski definition) is 0. The molecule has 0 fully saturated rings. The molecule has 0 saturated heterocycles. The van der Waals surface area contributed by atoms with E-state index >= 15 is 0 Å². The van der Waals surface area contributed by atoms with E-state index in [1.165, 1.54) is 6.92 Å². The molecule has 0 saturated carbocycles. The fourth-order valence-corrected chi connectivity index (χ4v) is 1.44. The zero-order valence-electron chi connectivity index (χ0n) is 10.6. The first-order chi connectivity index (χ1) is 6.91. The summed E-state index contributed by atoms with van der Waals surface area (Å²) in [5.74, 6) is -0.234. The Balaban J connectivity index is 3.78. The molecular formula is C12H24O3. The normalized spacial score (nSPS) is 11.9. The van der Waals surface area contributed by atoms with E-state index in [-0.39, 0.29) is 5.97 Å². The van der Waals surface area contributed by atoms with Crippen LogP contribution in [-0.4, -0.2) is 24.3 Å². The van der Waals surface area contributed by atoms with Crippen LogP contribution in [0.2, 0.25) is 0 Å². The summed E-state index contributed by atoms with van der Waals surface area (Å²) in [5, 5.41) is 0. The van der Waals surface area contributed by atoms with Gasteiger partial charge in [-0.1, -0.05) is 13.8 Å². The minimum absolute atomic E-state index is 0.234. The highest BCUT2D eigenvalue weighted by Crippen LogP contribution is 2.15. The number of esters is 1. The molecule has 0 aromatic heterocycles. The van der Waals surface area contributed by atoms with Gasteiger partial charge >= 0.3 is 5.97 Å². The van der Waals surface area contributed by atoms with Gasteiger partial charge in [0.2, 0.25) is 0 Å². The van der Waals surface area contributed by atoms with Crippen LogP contribution in [0.15, 0.2) is 0 Å². The van der Waals surface area contributed by atoms with E-state index < -0.39 is 5.60 Å². The first kappa shape index (κ1) is 14.4. The number of ether oxygens (including phenoxy) is 2. The molecule has 0 aliphatic carbocycles. The van der Waals surface area contributed by atoms with Crippen LogP contribution in [0.4, 0.5) is 0 Å². The summed E-state index contributed by atoms with van der Waals surface area (Å²) in [7, 11) is 0. The third kappa shape index (κ3) is 7.37. The zero-order valence-corrected chi connectivity index (χ0v) is 10.6. The molecule has 0 radical (unpaired) electrons. The predicted molar refractivity (Wildman–Crippen MR) is 60.8 cm³/mol. The van der Waals surface area contributed by atoms with Crippen LogP contribution in [0.5, 0.6) is 0 Å². The minimum Gasteiger partial charge on any atom is -0.460 e. The van der Waals surface area contributed by atoms with Crippen LogP contribution in [0.3, 0.4) is 0 Å². The van der Waals surface area contributed by atoms with Crippen LogP contribution in [0.25, 0.3) is 0 Å². The second-order valence-corrected chi connectivity index (χ2v) is 4.41. The van der Waals surface area contributed by atoms with Gasteiger partial charge in [-0.15, -0.1) is 0 Å². The Morgan fingerprint density at radius 1 is 1.27 bits per heavy atom. The summed E-state index contributed by atoms with van der Waals surface area (Å²) in [5.41, 5.74) is -0.419. The van der Waals surface area contributed by atoms with Crippen molar-refractivity contribution in [3.63, 3.8) is 0 Å². The van der Waals surface area contributed by atoms with Crippen molar-refractivity contribution in [3.8, 4) is 0 Å². The number of rotatable bonds is 7. The summed E-state index contributed by atoms with van der Waals surface area (Å²) in [6, 6.07) is 0. The molecule has 90 valence electrons. The summed E-state index contributed by atoms with van der Waals surface area (Å²) in [4.78, 5) is 10.8. The molecule has 0 amide bonds. The lowest BCUT2D eigenvalue weighted by atomic mass is 10.1. The van der Waals surface area contributed by atoms with Gasteiger partial charge in [0.15, 0.2) is 0 Å². The number of carbonyl (C=O) groups is 1. The highest BCUT2D eigenvalue weighted by Gasteiger charge is 2.21. The van der Waals surface area contributed by atoms with Gasteiger partial charge in [-0.2, -0.15) is 0 Å². The van der Waals surface area contributed by atoms with E-state index in [2.05, 4.69) is 13.8 Å². The van der Waals surface area contributed by atoms with Gasteiger partial charge in [0.25, 0.3) is 0 Å². The molecule has 0 heterocycles. The SMILES string of the molecule is CCC(CC)OCCC(C)(C)OC(C)=O. The molecular weight excluding hydrogens is 192 g/mol. The van der Waals surface area contributed by atoms with Crippen molar-refractivity contribution in [3.05, 3.63) is 0 Å². The largest absolute Gasteiger partial charge is 0.460 e. The molecule has 0 aliphatic rings. The maximum atomic E-state index is 10.8. The minimum atomic E-state index is -0.419.